The fourth-order valence-corrected chi connectivity index (χ4v) is 0.641. The lowest BCUT2D eigenvalue weighted by molar-refractivity contribution is 0.0487. The van der Waals surface area contributed by atoms with Crippen molar-refractivity contribution < 1.29 is 14.1 Å². The quantitative estimate of drug-likeness (QED) is 0.631. The average Bonchev–Trinajstić information content (AvgIpc) is 2.47. The number of ether oxygens (including phenoxy) is 1. The molecule has 1 rings (SSSR count). The molecule has 0 atom stereocenters. The van der Waals surface area contributed by atoms with Crippen LogP contribution >= 0.6 is 0 Å². The number of carbonyl (C=O) groups is 1. The van der Waals surface area contributed by atoms with E-state index in [-0.39, 0.29) is 5.82 Å². The van der Waals surface area contributed by atoms with Gasteiger partial charge in [0.05, 0.1) is 6.61 Å². The summed E-state index contributed by atoms with van der Waals surface area (Å²) >= 11 is 0. The van der Waals surface area contributed by atoms with Gasteiger partial charge in [-0.15, -0.1) is 0 Å². The summed E-state index contributed by atoms with van der Waals surface area (Å²) in [6.45, 7) is 3.91. The van der Waals surface area contributed by atoms with Crippen LogP contribution in [0.5, 0.6) is 0 Å². The number of esters is 1. The summed E-state index contributed by atoms with van der Waals surface area (Å²) in [7, 11) is 0. The Bertz CT molecular complexity index is 269. The molecule has 5 nitrogen and oxygen atoms in total. The van der Waals surface area contributed by atoms with Gasteiger partial charge < -0.3 is 9.26 Å². The molecule has 0 aliphatic rings. The second kappa shape index (κ2) is 3.85. The van der Waals surface area contributed by atoms with E-state index in [1.54, 1.807) is 6.92 Å². The highest BCUT2D eigenvalue weighted by atomic mass is 16.5. The van der Waals surface area contributed by atoms with E-state index < -0.39 is 5.97 Å². The normalized spacial score (nSPS) is 9.83. The molecule has 0 amide bonds. The summed E-state index contributed by atoms with van der Waals surface area (Å²) < 4.78 is 9.37. The van der Waals surface area contributed by atoms with Crippen LogP contribution in [0.3, 0.4) is 0 Å². The highest BCUT2D eigenvalue weighted by molar-refractivity contribution is 5.84. The molecule has 1 aromatic rings. The molecule has 0 fully saturated rings. The van der Waals surface area contributed by atoms with Gasteiger partial charge in [-0.1, -0.05) is 6.92 Å². The van der Waals surface area contributed by atoms with E-state index in [1.165, 1.54) is 0 Å². The Hall–Kier alpha value is -1.39. The van der Waals surface area contributed by atoms with E-state index in [9.17, 15) is 4.79 Å². The topological polar surface area (TPSA) is 65.2 Å². The Morgan fingerprint density at radius 1 is 1.67 bits per heavy atom. The molecule has 0 aliphatic carbocycles. The first kappa shape index (κ1) is 8.70. The second-order valence-electron chi connectivity index (χ2n) is 2.27. The lowest BCUT2D eigenvalue weighted by Gasteiger charge is -1.96. The summed E-state index contributed by atoms with van der Waals surface area (Å²) in [5, 5.41) is 3.41. The molecule has 0 saturated carbocycles. The zero-order valence-electron chi connectivity index (χ0n) is 7.03. The van der Waals surface area contributed by atoms with Gasteiger partial charge in [0, 0.05) is 6.92 Å². The highest BCUT2D eigenvalue weighted by Crippen LogP contribution is 1.97. The molecule has 0 aromatic carbocycles. The standard InChI is InChI=1S/C7H10N2O3/c1-3-4-11-7(10)6-8-5(2)12-9-6/h3-4H2,1-2H3. The van der Waals surface area contributed by atoms with Gasteiger partial charge in [-0.2, -0.15) is 4.98 Å². The molecule has 0 aliphatic heterocycles. The third kappa shape index (κ3) is 2.05. The number of carbonyl (C=O) groups excluding carboxylic acids is 1. The molecule has 0 saturated heterocycles. The van der Waals surface area contributed by atoms with Crippen molar-refractivity contribution in [1.82, 2.24) is 10.1 Å². The Kier molecular flexibility index (Phi) is 2.79. The molecule has 0 spiro atoms. The molecule has 0 radical (unpaired) electrons. The van der Waals surface area contributed by atoms with E-state index in [1.807, 2.05) is 6.92 Å². The fraction of sp³-hybridized carbons (Fsp3) is 0.571. The van der Waals surface area contributed by atoms with Crippen molar-refractivity contribution in [2.24, 2.45) is 0 Å². The maximum atomic E-state index is 11.0. The van der Waals surface area contributed by atoms with Crippen LogP contribution in [0.1, 0.15) is 29.9 Å². The van der Waals surface area contributed by atoms with Crippen LogP contribution in [0.2, 0.25) is 0 Å². The zero-order valence-corrected chi connectivity index (χ0v) is 7.03. The van der Waals surface area contributed by atoms with Crippen molar-refractivity contribution in [3.05, 3.63) is 11.7 Å². The molecule has 12 heavy (non-hydrogen) atoms. The molecule has 1 aromatic heterocycles. The summed E-state index contributed by atoms with van der Waals surface area (Å²) in [6.07, 6.45) is 0.780. The van der Waals surface area contributed by atoms with Crippen LogP contribution in [0.25, 0.3) is 0 Å². The van der Waals surface area contributed by atoms with Gasteiger partial charge in [0.15, 0.2) is 0 Å². The maximum Gasteiger partial charge on any atom is 0.379 e. The number of aryl methyl sites for hydroxylation is 1. The zero-order chi connectivity index (χ0) is 8.97. The van der Waals surface area contributed by atoms with Gasteiger partial charge in [-0.05, 0) is 11.6 Å². The van der Waals surface area contributed by atoms with Gasteiger partial charge in [-0.25, -0.2) is 4.79 Å². The van der Waals surface area contributed by atoms with E-state index in [0.29, 0.717) is 12.5 Å². The number of hydrogen-bond acceptors (Lipinski definition) is 5. The number of hydrogen-bond donors (Lipinski definition) is 0. The maximum absolute atomic E-state index is 11.0. The van der Waals surface area contributed by atoms with Crippen molar-refractivity contribution in [3.8, 4) is 0 Å². The SMILES string of the molecule is CCCOC(=O)c1noc(C)n1. The lowest BCUT2D eigenvalue weighted by Crippen LogP contribution is -2.07. The Morgan fingerprint density at radius 2 is 2.42 bits per heavy atom. The summed E-state index contributed by atoms with van der Waals surface area (Å²) in [6, 6.07) is 0. The lowest BCUT2D eigenvalue weighted by atomic mass is 10.5. The number of nitrogens with zero attached hydrogens (tertiary/aromatic N) is 2. The molecule has 66 valence electrons. The van der Waals surface area contributed by atoms with Crippen LogP contribution in [0.15, 0.2) is 4.52 Å². The predicted molar refractivity (Wildman–Crippen MR) is 39.6 cm³/mol. The minimum atomic E-state index is -0.534. The molecule has 1 heterocycles. The van der Waals surface area contributed by atoms with Crippen LogP contribution in [0, 0.1) is 6.92 Å². The van der Waals surface area contributed by atoms with Crippen molar-refractivity contribution in [3.63, 3.8) is 0 Å². The third-order valence-electron chi connectivity index (χ3n) is 1.15. The van der Waals surface area contributed by atoms with Crippen molar-refractivity contribution in [2.75, 3.05) is 6.61 Å². The van der Waals surface area contributed by atoms with E-state index in [4.69, 9.17) is 4.74 Å². The Morgan fingerprint density at radius 3 is 2.92 bits per heavy atom. The van der Waals surface area contributed by atoms with Crippen molar-refractivity contribution in [2.45, 2.75) is 20.3 Å². The molecule has 0 unspecified atom stereocenters. The van der Waals surface area contributed by atoms with E-state index in [0.717, 1.165) is 6.42 Å². The Balaban J connectivity index is 2.53. The fourth-order valence-electron chi connectivity index (χ4n) is 0.641. The number of rotatable bonds is 3. The molecular weight excluding hydrogens is 160 g/mol. The first-order valence-corrected chi connectivity index (χ1v) is 3.71. The number of aromatic nitrogens is 2. The van der Waals surface area contributed by atoms with Crippen LogP contribution in [-0.2, 0) is 4.74 Å². The smallest absolute Gasteiger partial charge is 0.379 e. The van der Waals surface area contributed by atoms with Crippen LogP contribution in [0.4, 0.5) is 0 Å². The molecule has 5 heteroatoms. The predicted octanol–water partition coefficient (Wildman–Crippen LogP) is 0.945. The van der Waals surface area contributed by atoms with E-state index in [2.05, 4.69) is 14.7 Å². The van der Waals surface area contributed by atoms with Gasteiger partial charge in [0.2, 0.25) is 5.89 Å². The van der Waals surface area contributed by atoms with E-state index >= 15 is 0 Å². The van der Waals surface area contributed by atoms with Gasteiger partial charge >= 0.3 is 5.97 Å². The molecule has 0 bridgehead atoms. The largest absolute Gasteiger partial charge is 0.460 e. The van der Waals surface area contributed by atoms with Crippen LogP contribution < -0.4 is 0 Å². The molecule has 0 N–H and O–H groups in total. The van der Waals surface area contributed by atoms with Gasteiger partial charge in [0.1, 0.15) is 0 Å². The van der Waals surface area contributed by atoms with Crippen LogP contribution in [-0.4, -0.2) is 22.7 Å². The average molecular weight is 170 g/mol. The van der Waals surface area contributed by atoms with Gasteiger partial charge in [0.25, 0.3) is 5.82 Å². The minimum Gasteiger partial charge on any atom is -0.460 e. The minimum absolute atomic E-state index is 0.0130. The summed E-state index contributed by atoms with van der Waals surface area (Å²) in [5.74, 6) is -0.187. The first-order chi connectivity index (χ1) is 5.74. The highest BCUT2D eigenvalue weighted by Gasteiger charge is 2.13. The first-order valence-electron chi connectivity index (χ1n) is 3.71. The molecular formula is C7H10N2O3. The Labute approximate surface area is 69.7 Å². The summed E-state index contributed by atoms with van der Waals surface area (Å²) in [4.78, 5) is 14.7. The van der Waals surface area contributed by atoms with Crippen molar-refractivity contribution in [1.29, 1.82) is 0 Å². The second-order valence-corrected chi connectivity index (χ2v) is 2.27. The summed E-state index contributed by atoms with van der Waals surface area (Å²) in [5.41, 5.74) is 0. The van der Waals surface area contributed by atoms with Gasteiger partial charge in [-0.3, -0.25) is 0 Å². The van der Waals surface area contributed by atoms with Crippen molar-refractivity contribution >= 4 is 5.97 Å². The third-order valence-corrected chi connectivity index (χ3v) is 1.15. The monoisotopic (exact) mass is 170 g/mol.